The molecule has 1 amide bonds. The molecule has 0 spiro atoms. The number of fused-ring (bicyclic) bond motifs is 1. The number of nitrogens with one attached hydrogen (secondary N) is 1. The van der Waals surface area contributed by atoms with Gasteiger partial charge in [0.15, 0.2) is 0 Å². The zero-order chi connectivity index (χ0) is 24.7. The summed E-state index contributed by atoms with van der Waals surface area (Å²) in [5.41, 5.74) is 1.45. The summed E-state index contributed by atoms with van der Waals surface area (Å²) >= 11 is 0. The van der Waals surface area contributed by atoms with Gasteiger partial charge in [-0.2, -0.15) is 0 Å². The first kappa shape index (κ1) is 25.6. The topological polar surface area (TPSA) is 135 Å². The number of nitrogens with zero attached hydrogens (tertiary/aromatic N) is 2. The summed E-state index contributed by atoms with van der Waals surface area (Å²) in [7, 11) is 0. The van der Waals surface area contributed by atoms with E-state index in [0.717, 1.165) is 31.5 Å². The smallest absolute Gasteiger partial charge is 0.330 e. The first-order chi connectivity index (χ1) is 16.3. The van der Waals surface area contributed by atoms with Gasteiger partial charge in [-0.15, -0.1) is 0 Å². The van der Waals surface area contributed by atoms with Crippen LogP contribution in [-0.4, -0.2) is 77.6 Å². The van der Waals surface area contributed by atoms with E-state index < -0.39 is 36.9 Å². The molecule has 3 rings (SSSR count). The Morgan fingerprint density at radius 1 is 1.12 bits per heavy atom. The molecule has 186 valence electrons. The number of ether oxygens (including phenoxy) is 2. The van der Waals surface area contributed by atoms with Gasteiger partial charge >= 0.3 is 17.9 Å². The molecule has 1 saturated heterocycles. The molecule has 2 unspecified atom stereocenters. The Balaban J connectivity index is 1.95. The summed E-state index contributed by atoms with van der Waals surface area (Å²) in [6.45, 7) is 3.51. The van der Waals surface area contributed by atoms with E-state index in [1.807, 2.05) is 12.1 Å². The third kappa shape index (κ3) is 6.52. The van der Waals surface area contributed by atoms with Gasteiger partial charge in [0.25, 0.3) is 0 Å². The standard InChI is InChI=1S/C23H31N3O8/c1-15(27)26(34-18-7-10-24-11-8-18)20-13-17-5-3-4-6-19(17)22(25(20)12-9-21(29)30)23(31)33-14-32-16(2)28/h3-6,18,20,22,24H,7-14H2,1-2H3,(H,29,30). The summed E-state index contributed by atoms with van der Waals surface area (Å²) < 4.78 is 9.95. The number of carbonyl (C=O) groups is 4. The van der Waals surface area contributed by atoms with Gasteiger partial charge in [-0.25, -0.2) is 9.86 Å². The minimum Gasteiger partial charge on any atom is -0.481 e. The van der Waals surface area contributed by atoms with E-state index in [4.69, 9.17) is 14.3 Å². The van der Waals surface area contributed by atoms with Crippen molar-refractivity contribution >= 4 is 23.8 Å². The Labute approximate surface area is 197 Å². The van der Waals surface area contributed by atoms with E-state index in [-0.39, 0.29) is 25.0 Å². The van der Waals surface area contributed by atoms with E-state index in [0.29, 0.717) is 12.0 Å². The fourth-order valence-electron chi connectivity index (χ4n) is 4.30. The van der Waals surface area contributed by atoms with Crippen molar-refractivity contribution in [2.24, 2.45) is 0 Å². The first-order valence-corrected chi connectivity index (χ1v) is 11.3. The van der Waals surface area contributed by atoms with Crippen molar-refractivity contribution in [2.75, 3.05) is 26.4 Å². The number of hydrogen-bond acceptors (Lipinski definition) is 9. The number of esters is 2. The average Bonchev–Trinajstić information content (AvgIpc) is 2.80. The Hall–Kier alpha value is -3.02. The molecule has 0 bridgehead atoms. The summed E-state index contributed by atoms with van der Waals surface area (Å²) in [6, 6.07) is 6.21. The molecule has 2 atom stereocenters. The van der Waals surface area contributed by atoms with Crippen LogP contribution in [0.1, 0.15) is 50.3 Å². The van der Waals surface area contributed by atoms with Gasteiger partial charge in [0.1, 0.15) is 12.2 Å². The number of piperidine rings is 1. The van der Waals surface area contributed by atoms with E-state index in [2.05, 4.69) is 5.32 Å². The number of aliphatic carboxylic acids is 1. The molecule has 0 aliphatic carbocycles. The maximum Gasteiger partial charge on any atom is 0.330 e. The zero-order valence-corrected chi connectivity index (χ0v) is 19.4. The molecular formula is C23H31N3O8. The second-order valence-electron chi connectivity index (χ2n) is 8.28. The number of hydrogen-bond donors (Lipinski definition) is 2. The summed E-state index contributed by atoms with van der Waals surface area (Å²) in [4.78, 5) is 56.1. The van der Waals surface area contributed by atoms with Crippen LogP contribution in [0, 0.1) is 0 Å². The number of rotatable bonds is 9. The second kappa shape index (κ2) is 11.9. The van der Waals surface area contributed by atoms with E-state index in [1.54, 1.807) is 17.0 Å². The molecule has 2 heterocycles. The predicted molar refractivity (Wildman–Crippen MR) is 118 cm³/mol. The maximum atomic E-state index is 13.2. The van der Waals surface area contributed by atoms with Crippen LogP contribution in [0.4, 0.5) is 0 Å². The molecule has 0 radical (unpaired) electrons. The fraction of sp³-hybridized carbons (Fsp3) is 0.565. The lowest BCUT2D eigenvalue weighted by Gasteiger charge is -2.46. The lowest BCUT2D eigenvalue weighted by molar-refractivity contribution is -0.249. The van der Waals surface area contributed by atoms with Gasteiger partial charge in [0.2, 0.25) is 12.7 Å². The highest BCUT2D eigenvalue weighted by molar-refractivity contribution is 5.79. The second-order valence-corrected chi connectivity index (χ2v) is 8.28. The molecule has 11 nitrogen and oxygen atoms in total. The minimum atomic E-state index is -1.04. The molecular weight excluding hydrogens is 446 g/mol. The Kier molecular flexibility index (Phi) is 8.97. The predicted octanol–water partition coefficient (Wildman–Crippen LogP) is 0.983. The van der Waals surface area contributed by atoms with Crippen LogP contribution in [0.15, 0.2) is 24.3 Å². The average molecular weight is 478 g/mol. The van der Waals surface area contributed by atoms with Gasteiger partial charge in [0.05, 0.1) is 12.5 Å². The molecule has 0 aromatic heterocycles. The van der Waals surface area contributed by atoms with E-state index >= 15 is 0 Å². The highest BCUT2D eigenvalue weighted by Crippen LogP contribution is 2.36. The third-order valence-corrected chi connectivity index (χ3v) is 5.87. The maximum absolute atomic E-state index is 13.2. The molecule has 11 heteroatoms. The van der Waals surface area contributed by atoms with Crippen molar-refractivity contribution in [3.63, 3.8) is 0 Å². The monoisotopic (exact) mass is 477 g/mol. The molecule has 2 N–H and O–H groups in total. The molecule has 1 aromatic rings. The van der Waals surface area contributed by atoms with Gasteiger partial charge in [-0.3, -0.25) is 24.1 Å². The number of benzene rings is 1. The molecule has 34 heavy (non-hydrogen) atoms. The molecule has 2 aliphatic rings. The lowest BCUT2D eigenvalue weighted by Crippen LogP contribution is -2.58. The van der Waals surface area contributed by atoms with Gasteiger partial charge < -0.3 is 19.9 Å². The fourth-order valence-corrected chi connectivity index (χ4v) is 4.30. The van der Waals surface area contributed by atoms with Crippen LogP contribution < -0.4 is 5.32 Å². The van der Waals surface area contributed by atoms with Crippen molar-refractivity contribution in [1.29, 1.82) is 0 Å². The van der Waals surface area contributed by atoms with Crippen molar-refractivity contribution in [1.82, 2.24) is 15.3 Å². The molecule has 1 aromatic carbocycles. The van der Waals surface area contributed by atoms with Gasteiger partial charge in [-0.1, -0.05) is 24.3 Å². The zero-order valence-electron chi connectivity index (χ0n) is 19.4. The highest BCUT2D eigenvalue weighted by Gasteiger charge is 2.44. The van der Waals surface area contributed by atoms with E-state index in [1.165, 1.54) is 18.9 Å². The van der Waals surface area contributed by atoms with Crippen LogP contribution in [-0.2, 0) is 39.9 Å². The Bertz CT molecular complexity index is 902. The number of amides is 1. The quantitative estimate of drug-likeness (QED) is 0.301. The van der Waals surface area contributed by atoms with E-state index in [9.17, 15) is 24.3 Å². The van der Waals surface area contributed by atoms with Crippen molar-refractivity contribution in [2.45, 2.75) is 57.8 Å². The van der Waals surface area contributed by atoms with Crippen LogP contribution in [0.5, 0.6) is 0 Å². The number of carbonyl (C=O) groups excluding carboxylic acids is 3. The lowest BCUT2D eigenvalue weighted by atomic mass is 9.90. The van der Waals surface area contributed by atoms with Gasteiger partial charge in [-0.05, 0) is 37.1 Å². The van der Waals surface area contributed by atoms with Crippen LogP contribution in [0.3, 0.4) is 0 Å². The van der Waals surface area contributed by atoms with Crippen LogP contribution in [0.25, 0.3) is 0 Å². The third-order valence-electron chi connectivity index (χ3n) is 5.87. The van der Waals surface area contributed by atoms with Crippen molar-refractivity contribution in [3.8, 4) is 0 Å². The molecule has 1 fully saturated rings. The van der Waals surface area contributed by atoms with Crippen molar-refractivity contribution < 1.29 is 38.6 Å². The highest BCUT2D eigenvalue weighted by atomic mass is 16.7. The van der Waals surface area contributed by atoms with Crippen molar-refractivity contribution in [3.05, 3.63) is 35.4 Å². The SMILES string of the molecule is CC(=O)OCOC(=O)C1c2ccccc2CC(N(OC2CCNCC2)C(C)=O)N1CCC(=O)O. The van der Waals surface area contributed by atoms with Crippen LogP contribution in [0.2, 0.25) is 0 Å². The Morgan fingerprint density at radius 3 is 2.47 bits per heavy atom. The minimum absolute atomic E-state index is 0.0268. The number of hydroxylamine groups is 2. The summed E-state index contributed by atoms with van der Waals surface area (Å²) in [5.74, 6) is -2.71. The number of carboxylic acids is 1. The first-order valence-electron chi connectivity index (χ1n) is 11.3. The summed E-state index contributed by atoms with van der Waals surface area (Å²) in [6.07, 6.45) is 0.608. The largest absolute Gasteiger partial charge is 0.481 e. The summed E-state index contributed by atoms with van der Waals surface area (Å²) in [5, 5.41) is 13.9. The number of carboxylic acid groups (broad SMARTS) is 1. The molecule has 2 aliphatic heterocycles. The molecule has 0 saturated carbocycles. The van der Waals surface area contributed by atoms with Crippen LogP contribution >= 0.6 is 0 Å². The normalized spacial score (nSPS) is 20.8. The Morgan fingerprint density at radius 2 is 1.82 bits per heavy atom. The van der Waals surface area contributed by atoms with Gasteiger partial charge in [0, 0.05) is 26.8 Å².